The van der Waals surface area contributed by atoms with E-state index in [1.54, 1.807) is 13.1 Å². The number of aliphatic imine (C=N–C) groups is 1. The Balaban J connectivity index is 0.00000312. The molecule has 0 amide bonds. The average molecular weight is 485 g/mol. The smallest absolute Gasteiger partial charge is 0.191 e. The summed E-state index contributed by atoms with van der Waals surface area (Å²) in [6.45, 7) is 2.31. The van der Waals surface area contributed by atoms with Gasteiger partial charge in [-0.15, -0.1) is 24.0 Å². The predicted molar refractivity (Wildman–Crippen MR) is 110 cm³/mol. The molecule has 0 bridgehead atoms. The molecule has 142 valence electrons. The first-order valence-electron chi connectivity index (χ1n) is 8.31. The molecule has 0 aromatic heterocycles. The topological polar surface area (TPSA) is 53.5 Å². The lowest BCUT2D eigenvalue weighted by Crippen LogP contribution is -2.46. The number of benzene rings is 1. The third-order valence-electron chi connectivity index (χ3n) is 4.29. The second kappa shape index (κ2) is 11.1. The molecule has 25 heavy (non-hydrogen) atoms. The van der Waals surface area contributed by atoms with Crippen LogP contribution in [0.2, 0.25) is 0 Å². The van der Waals surface area contributed by atoms with Crippen molar-refractivity contribution >= 4 is 40.7 Å². The van der Waals surface area contributed by atoms with E-state index in [9.17, 15) is 13.0 Å². The van der Waals surface area contributed by atoms with Gasteiger partial charge in [0.2, 0.25) is 0 Å². The Kier molecular flexibility index (Phi) is 9.84. The highest BCUT2D eigenvalue weighted by Gasteiger charge is 2.25. The van der Waals surface area contributed by atoms with Crippen molar-refractivity contribution in [2.75, 3.05) is 12.8 Å². The second-order valence-electron chi connectivity index (χ2n) is 5.97. The van der Waals surface area contributed by atoms with Crippen molar-refractivity contribution in [1.29, 1.82) is 0 Å². The Bertz CT molecular complexity index is 616. The van der Waals surface area contributed by atoms with Gasteiger partial charge in [-0.05, 0) is 37.0 Å². The van der Waals surface area contributed by atoms with E-state index in [-0.39, 0.29) is 35.3 Å². The van der Waals surface area contributed by atoms with E-state index in [1.165, 1.54) is 6.07 Å². The van der Waals surface area contributed by atoms with Gasteiger partial charge < -0.3 is 10.6 Å². The highest BCUT2D eigenvalue weighted by molar-refractivity contribution is 14.0. The maximum absolute atomic E-state index is 13.2. The first-order chi connectivity index (χ1) is 11.5. The van der Waals surface area contributed by atoms with Crippen LogP contribution in [0.3, 0.4) is 0 Å². The van der Waals surface area contributed by atoms with Crippen LogP contribution >= 0.6 is 24.0 Å². The Labute approximate surface area is 167 Å². The second-order valence-corrected chi connectivity index (χ2v) is 7.98. The fourth-order valence-corrected chi connectivity index (χ4v) is 4.32. The Morgan fingerprint density at radius 2 is 2.08 bits per heavy atom. The maximum Gasteiger partial charge on any atom is 0.191 e. The highest BCUT2D eigenvalue weighted by atomic mass is 127. The largest absolute Gasteiger partial charge is 0.354 e. The van der Waals surface area contributed by atoms with E-state index in [0.717, 1.165) is 31.7 Å². The van der Waals surface area contributed by atoms with Crippen molar-refractivity contribution in [1.82, 2.24) is 10.6 Å². The van der Waals surface area contributed by atoms with Crippen LogP contribution in [0.15, 0.2) is 23.2 Å². The molecule has 4 nitrogen and oxygen atoms in total. The summed E-state index contributed by atoms with van der Waals surface area (Å²) in [5.41, 5.74) is 0.644. The van der Waals surface area contributed by atoms with Crippen molar-refractivity contribution in [3.63, 3.8) is 0 Å². The highest BCUT2D eigenvalue weighted by Crippen LogP contribution is 2.23. The molecule has 1 aliphatic rings. The molecule has 2 rings (SSSR count). The number of hydrogen-bond donors (Lipinski definition) is 2. The zero-order valence-electron chi connectivity index (χ0n) is 14.6. The molecular formula is C17H26F2IN3OS. The van der Waals surface area contributed by atoms with Crippen LogP contribution in [-0.4, -0.2) is 34.3 Å². The van der Waals surface area contributed by atoms with Crippen LogP contribution in [0, 0.1) is 11.6 Å². The molecule has 0 aliphatic heterocycles. The third kappa shape index (κ3) is 6.80. The van der Waals surface area contributed by atoms with Crippen molar-refractivity contribution in [2.45, 2.75) is 50.4 Å². The van der Waals surface area contributed by atoms with Gasteiger partial charge >= 0.3 is 0 Å². The molecule has 1 aromatic carbocycles. The average Bonchev–Trinajstić information content (AvgIpc) is 2.61. The van der Waals surface area contributed by atoms with Gasteiger partial charge in [0, 0.05) is 41.4 Å². The molecule has 8 heteroatoms. The summed E-state index contributed by atoms with van der Waals surface area (Å²) >= 11 is 0. The van der Waals surface area contributed by atoms with Gasteiger partial charge in [0.05, 0.1) is 0 Å². The molecule has 0 saturated heterocycles. The van der Waals surface area contributed by atoms with Crippen LogP contribution in [0.25, 0.3) is 0 Å². The van der Waals surface area contributed by atoms with Crippen molar-refractivity contribution in [3.8, 4) is 0 Å². The fraction of sp³-hybridized carbons (Fsp3) is 0.588. The summed E-state index contributed by atoms with van der Waals surface area (Å²) in [5.74, 6) is -0.388. The summed E-state index contributed by atoms with van der Waals surface area (Å²) in [7, 11) is 0.905. The van der Waals surface area contributed by atoms with Crippen LogP contribution in [0.4, 0.5) is 8.78 Å². The molecule has 1 aliphatic carbocycles. The van der Waals surface area contributed by atoms with Crippen molar-refractivity contribution in [3.05, 3.63) is 35.4 Å². The van der Waals surface area contributed by atoms with Gasteiger partial charge in [-0.25, -0.2) is 8.78 Å². The summed E-state index contributed by atoms with van der Waals surface area (Å²) in [4.78, 5) is 4.18. The molecule has 0 heterocycles. The monoisotopic (exact) mass is 485 g/mol. The van der Waals surface area contributed by atoms with E-state index in [0.29, 0.717) is 23.8 Å². The molecule has 0 spiro atoms. The lowest BCUT2D eigenvalue weighted by molar-refractivity contribution is 0.413. The molecule has 3 atom stereocenters. The summed E-state index contributed by atoms with van der Waals surface area (Å²) in [6, 6.07) is 4.07. The van der Waals surface area contributed by atoms with Gasteiger partial charge in [-0.3, -0.25) is 9.20 Å². The molecule has 1 aromatic rings. The van der Waals surface area contributed by atoms with Crippen molar-refractivity contribution in [2.24, 2.45) is 4.99 Å². The standard InChI is InChI=1S/C17H25F2N3OS.HI/c1-3-24(23)14-6-4-5-13(10-14)22-17(20-2)21-11-12-7-8-15(18)16(19)9-12;/h7-9,13-14H,3-6,10-11H2,1-2H3,(H2,20,21,22);1H. The minimum atomic E-state index is -0.852. The number of hydrogen-bond acceptors (Lipinski definition) is 2. The zero-order chi connectivity index (χ0) is 17.5. The molecule has 3 unspecified atom stereocenters. The van der Waals surface area contributed by atoms with Crippen molar-refractivity contribution < 1.29 is 13.0 Å². The van der Waals surface area contributed by atoms with Gasteiger partial charge in [0.15, 0.2) is 17.6 Å². The minimum absolute atomic E-state index is 0. The first kappa shape index (κ1) is 22.3. The van der Waals surface area contributed by atoms with E-state index < -0.39 is 22.4 Å². The number of guanidine groups is 1. The fourth-order valence-electron chi connectivity index (χ4n) is 2.97. The van der Waals surface area contributed by atoms with E-state index in [4.69, 9.17) is 0 Å². The SMILES string of the molecule is CCS(=O)C1CCCC(NC(=NC)NCc2ccc(F)c(F)c2)C1.I. The molecule has 0 radical (unpaired) electrons. The van der Waals surface area contributed by atoms with Crippen LogP contribution in [0.1, 0.15) is 38.2 Å². The van der Waals surface area contributed by atoms with Crippen LogP contribution in [0.5, 0.6) is 0 Å². The zero-order valence-corrected chi connectivity index (χ0v) is 17.7. The molecular weight excluding hydrogens is 459 g/mol. The number of halogens is 3. The summed E-state index contributed by atoms with van der Waals surface area (Å²) < 4.78 is 38.2. The van der Waals surface area contributed by atoms with Crippen LogP contribution in [-0.2, 0) is 17.3 Å². The minimum Gasteiger partial charge on any atom is -0.354 e. The first-order valence-corrected chi connectivity index (χ1v) is 9.70. The normalized spacial score (nSPS) is 22.0. The Morgan fingerprint density at radius 3 is 2.72 bits per heavy atom. The van der Waals surface area contributed by atoms with Gasteiger partial charge in [0.25, 0.3) is 0 Å². The van der Waals surface area contributed by atoms with E-state index in [2.05, 4.69) is 15.6 Å². The maximum atomic E-state index is 13.2. The quantitative estimate of drug-likeness (QED) is 0.382. The van der Waals surface area contributed by atoms with E-state index >= 15 is 0 Å². The molecule has 1 saturated carbocycles. The van der Waals surface area contributed by atoms with Gasteiger partial charge in [0.1, 0.15) is 0 Å². The van der Waals surface area contributed by atoms with Crippen LogP contribution < -0.4 is 10.6 Å². The Hall–Kier alpha value is -0.770. The lowest BCUT2D eigenvalue weighted by Gasteiger charge is -2.30. The predicted octanol–water partition coefficient (Wildman–Crippen LogP) is 3.33. The van der Waals surface area contributed by atoms with Gasteiger partial charge in [-0.1, -0.05) is 19.4 Å². The summed E-state index contributed by atoms with van der Waals surface area (Å²) in [5, 5.41) is 6.70. The lowest BCUT2D eigenvalue weighted by atomic mass is 9.95. The Morgan fingerprint density at radius 1 is 1.32 bits per heavy atom. The summed E-state index contributed by atoms with van der Waals surface area (Å²) in [6.07, 6.45) is 3.95. The number of nitrogens with zero attached hydrogens (tertiary/aromatic N) is 1. The number of rotatable bonds is 5. The van der Waals surface area contributed by atoms with Gasteiger partial charge in [-0.2, -0.15) is 0 Å². The van der Waals surface area contributed by atoms with E-state index in [1.807, 2.05) is 6.92 Å². The molecule has 2 N–H and O–H groups in total. The third-order valence-corrected chi connectivity index (χ3v) is 6.03. The molecule has 1 fully saturated rings. The number of nitrogens with one attached hydrogen (secondary N) is 2.